The van der Waals surface area contributed by atoms with Gasteiger partial charge in [-0.2, -0.15) is 0 Å². The summed E-state index contributed by atoms with van der Waals surface area (Å²) in [6, 6.07) is 12.9. The van der Waals surface area contributed by atoms with E-state index in [1.807, 2.05) is 36.4 Å². The molecule has 0 bridgehead atoms. The molecule has 0 aliphatic heterocycles. The highest BCUT2D eigenvalue weighted by molar-refractivity contribution is 7.99. The molecule has 2 nitrogen and oxygen atoms in total. The molecule has 0 radical (unpaired) electrons. The van der Waals surface area contributed by atoms with Gasteiger partial charge < -0.3 is 5.73 Å². The van der Waals surface area contributed by atoms with Crippen LogP contribution in [0.2, 0.25) is 10.0 Å². The van der Waals surface area contributed by atoms with Gasteiger partial charge in [-0.15, -0.1) is 0 Å². The molecule has 0 atom stereocenters. The second-order valence-corrected chi connectivity index (χ2v) is 5.46. The molecule has 2 aromatic rings. The van der Waals surface area contributed by atoms with E-state index in [9.17, 15) is 0 Å². The van der Waals surface area contributed by atoms with Crippen molar-refractivity contribution >= 4 is 40.8 Å². The van der Waals surface area contributed by atoms with Crippen LogP contribution in [0.3, 0.4) is 0 Å². The summed E-state index contributed by atoms with van der Waals surface area (Å²) in [5, 5.41) is 8.72. The Balaban J connectivity index is 2.44. The van der Waals surface area contributed by atoms with E-state index in [1.54, 1.807) is 6.07 Å². The average Bonchev–Trinajstić information content (AvgIpc) is 2.31. The zero-order chi connectivity index (χ0) is 13.1. The fourth-order valence-corrected chi connectivity index (χ4v) is 3.10. The number of benzene rings is 2. The second-order valence-electron chi connectivity index (χ2n) is 3.56. The summed E-state index contributed by atoms with van der Waals surface area (Å²) in [6.07, 6.45) is 0. The summed E-state index contributed by atoms with van der Waals surface area (Å²) in [6.45, 7) is 0. The van der Waals surface area contributed by atoms with Crippen molar-refractivity contribution in [2.24, 2.45) is 5.73 Å². The molecule has 0 aromatic heterocycles. The van der Waals surface area contributed by atoms with Gasteiger partial charge in [-0.25, -0.2) is 0 Å². The van der Waals surface area contributed by atoms with E-state index in [4.69, 9.17) is 34.3 Å². The number of halogens is 2. The van der Waals surface area contributed by atoms with Gasteiger partial charge in [-0.05, 0) is 24.3 Å². The van der Waals surface area contributed by atoms with E-state index >= 15 is 0 Å². The molecular weight excluding hydrogens is 287 g/mol. The molecule has 2 aromatic carbocycles. The van der Waals surface area contributed by atoms with E-state index < -0.39 is 0 Å². The van der Waals surface area contributed by atoms with Gasteiger partial charge in [0.1, 0.15) is 5.84 Å². The van der Waals surface area contributed by atoms with Crippen molar-refractivity contribution in [3.63, 3.8) is 0 Å². The Bertz CT molecular complexity index is 599. The molecule has 0 saturated carbocycles. The van der Waals surface area contributed by atoms with E-state index in [0.717, 1.165) is 9.79 Å². The molecule has 5 heteroatoms. The van der Waals surface area contributed by atoms with Gasteiger partial charge in [-0.1, -0.05) is 53.2 Å². The first kappa shape index (κ1) is 13.3. The normalized spacial score (nSPS) is 10.3. The fraction of sp³-hybridized carbons (Fsp3) is 0. The van der Waals surface area contributed by atoms with Crippen LogP contribution in [0.25, 0.3) is 0 Å². The van der Waals surface area contributed by atoms with Crippen LogP contribution in [0, 0.1) is 5.41 Å². The first-order chi connectivity index (χ1) is 8.59. The Morgan fingerprint density at radius 2 is 1.56 bits per heavy atom. The number of rotatable bonds is 3. The van der Waals surface area contributed by atoms with E-state index in [2.05, 4.69) is 0 Å². The van der Waals surface area contributed by atoms with Crippen molar-refractivity contribution < 1.29 is 0 Å². The van der Waals surface area contributed by atoms with Gasteiger partial charge >= 0.3 is 0 Å². The number of amidine groups is 1. The lowest BCUT2D eigenvalue weighted by Crippen LogP contribution is -2.12. The summed E-state index contributed by atoms with van der Waals surface area (Å²) >= 11 is 13.6. The van der Waals surface area contributed by atoms with Gasteiger partial charge in [-0.3, -0.25) is 5.41 Å². The lowest BCUT2D eigenvalue weighted by molar-refractivity contribution is 1.33. The molecule has 2 rings (SSSR count). The summed E-state index contributed by atoms with van der Waals surface area (Å²) in [7, 11) is 0. The van der Waals surface area contributed by atoms with Gasteiger partial charge in [0.15, 0.2) is 0 Å². The largest absolute Gasteiger partial charge is 0.384 e. The molecule has 3 N–H and O–H groups in total. The van der Waals surface area contributed by atoms with Gasteiger partial charge in [0.25, 0.3) is 0 Å². The minimum Gasteiger partial charge on any atom is -0.384 e. The first-order valence-corrected chi connectivity index (χ1v) is 6.72. The van der Waals surface area contributed by atoms with Crippen molar-refractivity contribution in [3.05, 3.63) is 58.1 Å². The third-order valence-electron chi connectivity index (χ3n) is 2.30. The van der Waals surface area contributed by atoms with Crippen LogP contribution in [0.15, 0.2) is 52.3 Å². The highest BCUT2D eigenvalue weighted by Crippen LogP contribution is 2.36. The second kappa shape index (κ2) is 5.65. The Morgan fingerprint density at radius 3 is 2.22 bits per heavy atom. The van der Waals surface area contributed by atoms with Crippen LogP contribution in [0.5, 0.6) is 0 Å². The predicted molar refractivity (Wildman–Crippen MR) is 78.0 cm³/mol. The quantitative estimate of drug-likeness (QED) is 0.650. The topological polar surface area (TPSA) is 49.9 Å². The van der Waals surface area contributed by atoms with Gasteiger partial charge in [0.05, 0.1) is 10.0 Å². The Morgan fingerprint density at radius 1 is 0.944 bits per heavy atom. The summed E-state index contributed by atoms with van der Waals surface area (Å²) < 4.78 is 0. The van der Waals surface area contributed by atoms with Crippen molar-refractivity contribution in [1.29, 1.82) is 5.41 Å². The number of hydrogen-bond acceptors (Lipinski definition) is 2. The molecule has 92 valence electrons. The molecular formula is C13H10Cl2N2S. The SMILES string of the molecule is N=C(N)c1c(Cl)cccc1Sc1ccccc1Cl. The van der Waals surface area contributed by atoms with Crippen molar-refractivity contribution in [2.75, 3.05) is 0 Å². The third-order valence-corrected chi connectivity index (χ3v) is 4.19. The monoisotopic (exact) mass is 296 g/mol. The molecule has 0 unspecified atom stereocenters. The molecule has 0 aliphatic rings. The maximum atomic E-state index is 7.58. The maximum absolute atomic E-state index is 7.58. The lowest BCUT2D eigenvalue weighted by Gasteiger charge is -2.10. The Hall–Kier alpha value is -1.16. The van der Waals surface area contributed by atoms with Crippen LogP contribution in [0.4, 0.5) is 0 Å². The minimum absolute atomic E-state index is 0.0462. The smallest absolute Gasteiger partial charge is 0.125 e. The Labute approximate surface area is 120 Å². The summed E-state index contributed by atoms with van der Waals surface area (Å²) in [5.74, 6) is -0.0462. The molecule has 0 aliphatic carbocycles. The van der Waals surface area contributed by atoms with E-state index in [1.165, 1.54) is 11.8 Å². The minimum atomic E-state index is -0.0462. The molecule has 0 spiro atoms. The van der Waals surface area contributed by atoms with Crippen LogP contribution >= 0.6 is 35.0 Å². The highest BCUT2D eigenvalue weighted by Gasteiger charge is 2.12. The van der Waals surface area contributed by atoms with Crippen LogP contribution in [-0.2, 0) is 0 Å². The molecule has 0 fully saturated rings. The molecule has 0 amide bonds. The van der Waals surface area contributed by atoms with Crippen molar-refractivity contribution in [3.8, 4) is 0 Å². The predicted octanol–water partition coefficient (Wildman–Crippen LogP) is 4.43. The van der Waals surface area contributed by atoms with E-state index in [0.29, 0.717) is 15.6 Å². The average molecular weight is 297 g/mol. The molecule has 0 heterocycles. The molecule has 0 saturated heterocycles. The lowest BCUT2D eigenvalue weighted by atomic mass is 10.2. The van der Waals surface area contributed by atoms with Crippen molar-refractivity contribution in [2.45, 2.75) is 9.79 Å². The number of hydrogen-bond donors (Lipinski definition) is 2. The number of nitrogen functional groups attached to an aromatic ring is 1. The fourth-order valence-electron chi connectivity index (χ4n) is 1.50. The van der Waals surface area contributed by atoms with Gasteiger partial charge in [0.2, 0.25) is 0 Å². The first-order valence-electron chi connectivity index (χ1n) is 5.15. The van der Waals surface area contributed by atoms with Crippen LogP contribution in [-0.4, -0.2) is 5.84 Å². The van der Waals surface area contributed by atoms with Crippen molar-refractivity contribution in [1.82, 2.24) is 0 Å². The van der Waals surface area contributed by atoms with E-state index in [-0.39, 0.29) is 5.84 Å². The Kier molecular flexibility index (Phi) is 4.17. The standard InChI is InChI=1S/C13H10Cl2N2S/c14-8-4-1-2-6-10(8)18-11-7-3-5-9(15)12(11)13(16)17/h1-7H,(H3,16,17). The highest BCUT2D eigenvalue weighted by atomic mass is 35.5. The third kappa shape index (κ3) is 2.80. The number of nitrogens with two attached hydrogens (primary N) is 1. The van der Waals surface area contributed by atoms with Gasteiger partial charge in [0, 0.05) is 15.4 Å². The molecule has 18 heavy (non-hydrogen) atoms. The van der Waals surface area contributed by atoms with Crippen LogP contribution in [0.1, 0.15) is 5.56 Å². The zero-order valence-corrected chi connectivity index (χ0v) is 11.6. The van der Waals surface area contributed by atoms with Crippen LogP contribution < -0.4 is 5.73 Å². The summed E-state index contributed by atoms with van der Waals surface area (Å²) in [5.41, 5.74) is 6.11. The zero-order valence-electron chi connectivity index (χ0n) is 9.28. The maximum Gasteiger partial charge on any atom is 0.125 e. The number of nitrogens with one attached hydrogen (secondary N) is 1. The summed E-state index contributed by atoms with van der Waals surface area (Å²) in [4.78, 5) is 1.73.